The molecule has 1 aromatic carbocycles. The van der Waals surface area contributed by atoms with Gasteiger partial charge in [-0.25, -0.2) is 0 Å². The zero-order valence-corrected chi connectivity index (χ0v) is 21.1. The summed E-state index contributed by atoms with van der Waals surface area (Å²) in [5, 5.41) is 12.2. The first-order chi connectivity index (χ1) is 15.5. The minimum absolute atomic E-state index is 0.0584. The summed E-state index contributed by atoms with van der Waals surface area (Å²) >= 11 is 0. The number of benzene rings is 1. The Morgan fingerprint density at radius 3 is 2.48 bits per heavy atom. The summed E-state index contributed by atoms with van der Waals surface area (Å²) in [5.41, 5.74) is 9.25. The predicted octanol–water partition coefficient (Wildman–Crippen LogP) is 6.66. The van der Waals surface area contributed by atoms with E-state index in [0.717, 1.165) is 50.6 Å². The van der Waals surface area contributed by atoms with Crippen LogP contribution < -0.4 is 5.73 Å². The van der Waals surface area contributed by atoms with Crippen molar-refractivity contribution in [3.05, 3.63) is 41.5 Å². The molecule has 0 radical (unpaired) electrons. The lowest BCUT2D eigenvalue weighted by Crippen LogP contribution is -2.55. The number of carbonyl (C=O) groups excluding carboxylic acids is 1. The van der Waals surface area contributed by atoms with Gasteiger partial charge >= 0.3 is 0 Å². The number of hydrogen-bond donors (Lipinski definition) is 2. The molecule has 7 atom stereocenters. The molecular weight excluding hydrogens is 406 g/mol. The summed E-state index contributed by atoms with van der Waals surface area (Å²) in [7, 11) is 0. The number of rotatable bonds is 3. The quantitative estimate of drug-likeness (QED) is 0.507. The molecule has 3 heteroatoms. The molecule has 0 unspecified atom stereocenters. The van der Waals surface area contributed by atoms with Crippen molar-refractivity contribution in [2.24, 2.45) is 34.5 Å². The van der Waals surface area contributed by atoms with Gasteiger partial charge < -0.3 is 10.8 Å². The summed E-state index contributed by atoms with van der Waals surface area (Å²) < 4.78 is 0. The Morgan fingerprint density at radius 1 is 1.06 bits per heavy atom. The molecule has 0 bridgehead atoms. The molecule has 3 N–H and O–H groups in total. The molecule has 0 aromatic heterocycles. The summed E-state index contributed by atoms with van der Waals surface area (Å²) in [6.07, 6.45) is 11.0. The third-order valence-electron chi connectivity index (χ3n) is 10.3. The van der Waals surface area contributed by atoms with E-state index in [2.05, 4.69) is 39.8 Å². The lowest BCUT2D eigenvalue weighted by Gasteiger charge is -2.59. The van der Waals surface area contributed by atoms with Crippen molar-refractivity contribution in [1.82, 2.24) is 0 Å². The number of allylic oxidation sites excluding steroid dienone is 1. The van der Waals surface area contributed by atoms with Crippen molar-refractivity contribution in [2.45, 2.75) is 97.0 Å². The minimum Gasteiger partial charge on any atom is -0.399 e. The van der Waals surface area contributed by atoms with Gasteiger partial charge in [-0.15, -0.1) is 0 Å². The van der Waals surface area contributed by atoms with Crippen molar-refractivity contribution in [3.63, 3.8) is 0 Å². The van der Waals surface area contributed by atoms with Gasteiger partial charge in [0.2, 0.25) is 0 Å². The largest absolute Gasteiger partial charge is 0.399 e. The first-order valence-electron chi connectivity index (χ1n) is 13.3. The molecule has 5 rings (SSSR count). The number of ketones is 1. The van der Waals surface area contributed by atoms with Crippen LogP contribution in [0.1, 0.15) is 97.0 Å². The Balaban J connectivity index is 1.55. The number of aliphatic hydroxyl groups is 1. The first-order valence-corrected chi connectivity index (χ1v) is 13.3. The first kappa shape index (κ1) is 23.1. The third-order valence-corrected chi connectivity index (χ3v) is 10.3. The molecular formula is C30H43NO2. The van der Waals surface area contributed by atoms with Crippen LogP contribution in [0.4, 0.5) is 5.69 Å². The molecule has 0 heterocycles. The van der Waals surface area contributed by atoms with Crippen molar-refractivity contribution in [1.29, 1.82) is 0 Å². The van der Waals surface area contributed by atoms with Crippen molar-refractivity contribution in [2.75, 3.05) is 5.73 Å². The van der Waals surface area contributed by atoms with Gasteiger partial charge in [0, 0.05) is 12.1 Å². The van der Waals surface area contributed by atoms with Crippen LogP contribution in [0.5, 0.6) is 0 Å². The maximum Gasteiger partial charge on any atom is 0.155 e. The van der Waals surface area contributed by atoms with Crippen molar-refractivity contribution >= 4 is 11.5 Å². The van der Waals surface area contributed by atoms with E-state index in [1.165, 1.54) is 17.6 Å². The lowest BCUT2D eigenvalue weighted by molar-refractivity contribution is -0.132. The van der Waals surface area contributed by atoms with Crippen LogP contribution in [0.25, 0.3) is 0 Å². The smallest absolute Gasteiger partial charge is 0.155 e. The molecule has 33 heavy (non-hydrogen) atoms. The van der Waals surface area contributed by atoms with Crippen molar-refractivity contribution in [3.8, 4) is 0 Å². The molecule has 3 saturated carbocycles. The van der Waals surface area contributed by atoms with Crippen LogP contribution in [0.15, 0.2) is 35.9 Å². The fourth-order valence-electron chi connectivity index (χ4n) is 8.48. The van der Waals surface area contributed by atoms with E-state index in [-0.39, 0.29) is 10.8 Å². The Kier molecular flexibility index (Phi) is 5.59. The summed E-state index contributed by atoms with van der Waals surface area (Å²) in [5.74, 6) is 3.04. The Morgan fingerprint density at radius 2 is 1.79 bits per heavy atom. The van der Waals surface area contributed by atoms with E-state index >= 15 is 0 Å². The molecule has 1 aromatic rings. The van der Waals surface area contributed by atoms with Crippen LogP contribution in [0, 0.1) is 34.5 Å². The summed E-state index contributed by atoms with van der Waals surface area (Å²) in [6, 6.07) is 8.55. The number of hydrogen-bond acceptors (Lipinski definition) is 3. The van der Waals surface area contributed by atoms with Gasteiger partial charge in [-0.3, -0.25) is 4.79 Å². The fourth-order valence-corrected chi connectivity index (χ4v) is 8.48. The normalized spacial score (nSPS) is 40.6. The van der Waals surface area contributed by atoms with Gasteiger partial charge in [-0.05, 0) is 116 Å². The Labute approximate surface area is 200 Å². The van der Waals surface area contributed by atoms with Crippen molar-refractivity contribution < 1.29 is 9.90 Å². The Bertz CT molecular complexity index is 941. The monoisotopic (exact) mass is 449 g/mol. The molecule has 180 valence electrons. The summed E-state index contributed by atoms with van der Waals surface area (Å²) in [4.78, 5) is 12.2. The highest BCUT2D eigenvalue weighted by Gasteiger charge is 2.64. The number of nitrogen functional groups attached to an aromatic ring is 1. The predicted molar refractivity (Wildman–Crippen MR) is 135 cm³/mol. The van der Waals surface area contributed by atoms with Crippen LogP contribution >= 0.6 is 0 Å². The fraction of sp³-hybridized carbons (Fsp3) is 0.700. The number of nitrogens with two attached hydrogens (primary N) is 1. The highest BCUT2D eigenvalue weighted by Crippen LogP contribution is 2.69. The highest BCUT2D eigenvalue weighted by atomic mass is 16.3. The average molecular weight is 450 g/mol. The summed E-state index contributed by atoms with van der Waals surface area (Å²) in [6.45, 7) is 9.29. The van der Waals surface area contributed by atoms with E-state index in [4.69, 9.17) is 5.73 Å². The van der Waals surface area contributed by atoms with Gasteiger partial charge in [0.05, 0.1) is 5.60 Å². The zero-order valence-electron chi connectivity index (χ0n) is 21.1. The maximum absolute atomic E-state index is 12.2. The average Bonchev–Trinajstić information content (AvgIpc) is 3.02. The van der Waals surface area contributed by atoms with Crippen LogP contribution in [0.3, 0.4) is 0 Å². The van der Waals surface area contributed by atoms with E-state index in [0.29, 0.717) is 41.8 Å². The molecule has 0 spiro atoms. The second-order valence-electron chi connectivity index (χ2n) is 13.2. The topological polar surface area (TPSA) is 63.3 Å². The molecule has 0 aliphatic heterocycles. The van der Waals surface area contributed by atoms with Gasteiger partial charge in [0.15, 0.2) is 5.78 Å². The third kappa shape index (κ3) is 3.89. The number of carbonyl (C=O) groups is 1. The van der Waals surface area contributed by atoms with Crippen LogP contribution in [0.2, 0.25) is 0 Å². The van der Waals surface area contributed by atoms with E-state index < -0.39 is 5.60 Å². The van der Waals surface area contributed by atoms with Gasteiger partial charge in [-0.1, -0.05) is 45.4 Å². The second kappa shape index (κ2) is 7.97. The molecule has 0 saturated heterocycles. The van der Waals surface area contributed by atoms with Gasteiger partial charge in [0.25, 0.3) is 0 Å². The zero-order chi connectivity index (χ0) is 23.6. The molecule has 3 nitrogen and oxygen atoms in total. The van der Waals surface area contributed by atoms with E-state index in [1.807, 2.05) is 18.2 Å². The van der Waals surface area contributed by atoms with Crippen LogP contribution in [-0.4, -0.2) is 16.5 Å². The molecule has 4 aliphatic rings. The number of anilines is 1. The SMILES string of the molecule is CC(C)(C)CC[C@]1(O)CC[C@H]2[C@@H]3CCC4=CC(=O)CC[C@@H]4[C@H]3[C@@H](c3ccc(N)cc3)C[C@@]21C. The van der Waals surface area contributed by atoms with Gasteiger partial charge in [0.1, 0.15) is 0 Å². The van der Waals surface area contributed by atoms with E-state index in [1.54, 1.807) is 0 Å². The standard InChI is InChI=1S/C30H43NO2/c1-28(2,3)15-16-30(33)14-13-26-24-11-7-20-17-22(32)10-12-23(20)27(24)25(18-29(26,30)4)19-5-8-21(31)9-6-19/h5-6,8-9,17,23-27,33H,7,10-16,18,31H2,1-4H3/t23-,24-,25+,26-,27+,29-,30+/m0/s1. The highest BCUT2D eigenvalue weighted by molar-refractivity contribution is 5.91. The van der Waals surface area contributed by atoms with Gasteiger partial charge in [-0.2, -0.15) is 0 Å². The molecule has 3 fully saturated rings. The van der Waals surface area contributed by atoms with E-state index in [9.17, 15) is 9.90 Å². The molecule has 4 aliphatic carbocycles. The minimum atomic E-state index is -0.583. The maximum atomic E-state index is 12.2. The van der Waals surface area contributed by atoms with Crippen LogP contribution in [-0.2, 0) is 4.79 Å². The molecule has 0 amide bonds. The lowest BCUT2D eigenvalue weighted by atomic mass is 9.46. The second-order valence-corrected chi connectivity index (χ2v) is 13.2. The Hall–Kier alpha value is -1.61. The number of fused-ring (bicyclic) bond motifs is 5.